The number of nitro groups is 1. The normalized spacial score (nSPS) is 16.9. The molecule has 1 aromatic heterocycles. The lowest BCUT2D eigenvalue weighted by Gasteiger charge is -2.42. The molecule has 1 aromatic carbocycles. The van der Waals surface area contributed by atoms with Crippen molar-refractivity contribution >= 4 is 27.9 Å². The lowest BCUT2D eigenvalue weighted by Crippen LogP contribution is -2.54. The maximum atomic E-state index is 12.7. The molecule has 1 aliphatic heterocycles. The smallest absolute Gasteiger partial charge is 0.282 e. The van der Waals surface area contributed by atoms with Crippen LogP contribution in [0, 0.1) is 21.4 Å². The van der Waals surface area contributed by atoms with Crippen molar-refractivity contribution in [2.45, 2.75) is 45.2 Å². The molecule has 2 heterocycles. The van der Waals surface area contributed by atoms with E-state index >= 15 is 0 Å². The summed E-state index contributed by atoms with van der Waals surface area (Å²) in [5.74, 6) is -0.595. The first-order chi connectivity index (χ1) is 12.6. The van der Waals surface area contributed by atoms with Gasteiger partial charge in [-0.3, -0.25) is 14.9 Å². The summed E-state index contributed by atoms with van der Waals surface area (Å²) < 4.78 is 0. The fourth-order valence-corrected chi connectivity index (χ4v) is 4.95. The molecule has 140 valence electrons. The van der Waals surface area contributed by atoms with Crippen LogP contribution in [0.25, 0.3) is 0 Å². The molecule has 3 rings (SSSR count). The number of nitrogens with zero attached hydrogens (tertiary/aromatic N) is 2. The molecular formula is C19H20N4O3S. The number of carbonyl (C=O) groups excluding carboxylic acids is 1. The van der Waals surface area contributed by atoms with Crippen LogP contribution in [-0.2, 0) is 12.0 Å². The molecule has 2 aromatic rings. The Bertz CT molecular complexity index is 985. The van der Waals surface area contributed by atoms with Crippen molar-refractivity contribution in [1.82, 2.24) is 5.32 Å². The molecule has 27 heavy (non-hydrogen) atoms. The molecule has 0 unspecified atom stereocenters. The number of nitro benzene ring substituents is 1. The third kappa shape index (κ3) is 3.44. The first-order valence-electron chi connectivity index (χ1n) is 8.46. The van der Waals surface area contributed by atoms with Gasteiger partial charge in [-0.25, -0.2) is 0 Å². The summed E-state index contributed by atoms with van der Waals surface area (Å²) in [4.78, 5) is 24.3. The number of para-hydroxylation sites is 1. The van der Waals surface area contributed by atoms with Crippen molar-refractivity contribution in [2.24, 2.45) is 0 Å². The number of rotatable bonds is 3. The Morgan fingerprint density at radius 1 is 1.33 bits per heavy atom. The van der Waals surface area contributed by atoms with E-state index in [1.807, 2.05) is 13.8 Å². The Balaban J connectivity index is 2.03. The zero-order valence-electron chi connectivity index (χ0n) is 15.5. The fourth-order valence-electron chi connectivity index (χ4n) is 3.73. The van der Waals surface area contributed by atoms with Crippen LogP contribution in [0.15, 0.2) is 24.3 Å². The van der Waals surface area contributed by atoms with Crippen molar-refractivity contribution in [1.29, 1.82) is 5.26 Å². The number of amides is 1. The highest BCUT2D eigenvalue weighted by molar-refractivity contribution is 7.17. The maximum absolute atomic E-state index is 12.7. The second-order valence-corrected chi connectivity index (χ2v) is 8.79. The Morgan fingerprint density at radius 3 is 2.63 bits per heavy atom. The largest absolute Gasteiger partial charge is 0.312 e. The minimum atomic E-state index is -0.595. The van der Waals surface area contributed by atoms with E-state index in [0.29, 0.717) is 17.0 Å². The van der Waals surface area contributed by atoms with Crippen molar-refractivity contribution in [3.63, 3.8) is 0 Å². The third-order valence-electron chi connectivity index (χ3n) is 4.53. The van der Waals surface area contributed by atoms with E-state index < -0.39 is 10.8 Å². The summed E-state index contributed by atoms with van der Waals surface area (Å²) in [5, 5.41) is 27.6. The van der Waals surface area contributed by atoms with Crippen LogP contribution in [0.2, 0.25) is 0 Å². The number of nitriles is 1. The van der Waals surface area contributed by atoms with Gasteiger partial charge in [-0.1, -0.05) is 12.1 Å². The van der Waals surface area contributed by atoms with E-state index in [0.717, 1.165) is 10.4 Å². The van der Waals surface area contributed by atoms with Crippen molar-refractivity contribution in [2.75, 3.05) is 5.32 Å². The van der Waals surface area contributed by atoms with Crippen molar-refractivity contribution < 1.29 is 9.72 Å². The van der Waals surface area contributed by atoms with Crippen LogP contribution < -0.4 is 10.6 Å². The molecule has 0 spiro atoms. The number of nitrogens with one attached hydrogen (secondary N) is 2. The molecule has 7 nitrogen and oxygen atoms in total. The lowest BCUT2D eigenvalue weighted by atomic mass is 9.81. The zero-order chi connectivity index (χ0) is 20.0. The maximum Gasteiger partial charge on any atom is 0.282 e. The first-order valence-corrected chi connectivity index (χ1v) is 9.28. The number of thiophene rings is 1. The predicted octanol–water partition coefficient (Wildman–Crippen LogP) is 3.94. The number of hydrogen-bond donors (Lipinski definition) is 2. The molecule has 8 heteroatoms. The Labute approximate surface area is 161 Å². The minimum absolute atomic E-state index is 0.0320. The van der Waals surface area contributed by atoms with Crippen LogP contribution in [-0.4, -0.2) is 16.4 Å². The van der Waals surface area contributed by atoms with Crippen LogP contribution in [0.4, 0.5) is 10.7 Å². The van der Waals surface area contributed by atoms with Gasteiger partial charge in [0.1, 0.15) is 16.6 Å². The Morgan fingerprint density at radius 2 is 2.00 bits per heavy atom. The van der Waals surface area contributed by atoms with E-state index in [1.54, 1.807) is 6.07 Å². The highest BCUT2D eigenvalue weighted by atomic mass is 32.1. The molecule has 0 saturated heterocycles. The highest BCUT2D eigenvalue weighted by Crippen LogP contribution is 2.44. The van der Waals surface area contributed by atoms with E-state index in [4.69, 9.17) is 0 Å². The van der Waals surface area contributed by atoms with Gasteiger partial charge in [0.2, 0.25) is 0 Å². The van der Waals surface area contributed by atoms with Gasteiger partial charge in [-0.05, 0) is 45.7 Å². The van der Waals surface area contributed by atoms with E-state index in [9.17, 15) is 20.2 Å². The summed E-state index contributed by atoms with van der Waals surface area (Å²) in [6, 6.07) is 7.98. The van der Waals surface area contributed by atoms with Gasteiger partial charge in [0, 0.05) is 22.0 Å². The second-order valence-electron chi connectivity index (χ2n) is 7.76. The van der Waals surface area contributed by atoms with Gasteiger partial charge in [0.15, 0.2) is 0 Å². The highest BCUT2D eigenvalue weighted by Gasteiger charge is 2.40. The fraction of sp³-hybridized carbons (Fsp3) is 0.368. The minimum Gasteiger partial charge on any atom is -0.312 e. The molecule has 0 atom stereocenters. The zero-order valence-corrected chi connectivity index (χ0v) is 16.4. The van der Waals surface area contributed by atoms with Gasteiger partial charge < -0.3 is 10.6 Å². The third-order valence-corrected chi connectivity index (χ3v) is 6.00. The molecule has 0 radical (unpaired) electrons. The van der Waals surface area contributed by atoms with Crippen LogP contribution >= 0.6 is 11.3 Å². The quantitative estimate of drug-likeness (QED) is 0.615. The number of anilines is 1. The Kier molecular flexibility index (Phi) is 4.54. The molecule has 1 amide bonds. The SMILES string of the molecule is CC1(C)Cc2c(sc(NC(=O)c3ccccc3[N+](=O)[O-])c2C#N)C(C)(C)N1. The molecule has 0 bridgehead atoms. The monoisotopic (exact) mass is 384 g/mol. The summed E-state index contributed by atoms with van der Waals surface area (Å²) in [5.41, 5.74) is 0.518. The lowest BCUT2D eigenvalue weighted by molar-refractivity contribution is -0.385. The number of carbonyl (C=O) groups is 1. The summed E-state index contributed by atoms with van der Waals surface area (Å²) in [6.45, 7) is 8.22. The number of fused-ring (bicyclic) bond motifs is 1. The summed E-state index contributed by atoms with van der Waals surface area (Å²) in [7, 11) is 0. The molecule has 0 fully saturated rings. The summed E-state index contributed by atoms with van der Waals surface area (Å²) >= 11 is 1.34. The molecular weight excluding hydrogens is 364 g/mol. The Hall–Kier alpha value is -2.76. The van der Waals surface area contributed by atoms with Crippen LogP contribution in [0.3, 0.4) is 0 Å². The van der Waals surface area contributed by atoms with Gasteiger partial charge in [-0.15, -0.1) is 11.3 Å². The average molecular weight is 384 g/mol. The van der Waals surface area contributed by atoms with Crippen LogP contribution in [0.5, 0.6) is 0 Å². The van der Waals surface area contributed by atoms with Crippen molar-refractivity contribution in [3.8, 4) is 6.07 Å². The molecule has 0 aliphatic carbocycles. The van der Waals surface area contributed by atoms with Gasteiger partial charge >= 0.3 is 0 Å². The predicted molar refractivity (Wildman–Crippen MR) is 104 cm³/mol. The number of hydrogen-bond acceptors (Lipinski definition) is 6. The number of benzene rings is 1. The first kappa shape index (κ1) is 19.0. The second kappa shape index (κ2) is 6.44. The molecule has 1 aliphatic rings. The molecule has 2 N–H and O–H groups in total. The molecule has 0 saturated carbocycles. The van der Waals surface area contributed by atoms with E-state index in [2.05, 4.69) is 30.6 Å². The van der Waals surface area contributed by atoms with E-state index in [-0.39, 0.29) is 22.3 Å². The van der Waals surface area contributed by atoms with E-state index in [1.165, 1.54) is 29.5 Å². The topological polar surface area (TPSA) is 108 Å². The van der Waals surface area contributed by atoms with Crippen LogP contribution in [0.1, 0.15) is 54.1 Å². The van der Waals surface area contributed by atoms with Crippen molar-refractivity contribution in [3.05, 3.63) is 55.9 Å². The average Bonchev–Trinajstić information content (AvgIpc) is 2.90. The van der Waals surface area contributed by atoms with Gasteiger partial charge in [0.25, 0.3) is 11.6 Å². The summed E-state index contributed by atoms with van der Waals surface area (Å²) in [6.07, 6.45) is 0.659. The standard InChI is InChI=1S/C19H20N4O3S/c1-18(2)9-12-13(10-20)17(27-15(12)19(3,4)22-18)21-16(24)11-7-5-6-8-14(11)23(25)26/h5-8,22H,9H2,1-4H3,(H,21,24). The van der Waals surface area contributed by atoms with Gasteiger partial charge in [-0.2, -0.15) is 5.26 Å². The van der Waals surface area contributed by atoms with Gasteiger partial charge in [0.05, 0.1) is 10.5 Å².